The zero-order valence-electron chi connectivity index (χ0n) is 9.65. The second kappa shape index (κ2) is 6.01. The minimum absolute atomic E-state index is 0.428. The number of rotatable bonds is 6. The van der Waals surface area contributed by atoms with Crippen molar-refractivity contribution in [1.82, 2.24) is 4.98 Å². The van der Waals surface area contributed by atoms with Gasteiger partial charge in [0, 0.05) is 19.4 Å². The monoisotopic (exact) mass is 224 g/mol. The Balaban J connectivity index is 1.73. The van der Waals surface area contributed by atoms with Gasteiger partial charge in [-0.25, -0.2) is 4.98 Å². The Morgan fingerprint density at radius 1 is 1.44 bits per heavy atom. The number of oxazole rings is 1. The van der Waals surface area contributed by atoms with Gasteiger partial charge in [-0.2, -0.15) is 0 Å². The fraction of sp³-hybridized carbons (Fsp3) is 0.750. The van der Waals surface area contributed by atoms with Gasteiger partial charge in [-0.05, 0) is 32.2 Å². The van der Waals surface area contributed by atoms with Crippen LogP contribution in [0.15, 0.2) is 10.6 Å². The summed E-state index contributed by atoms with van der Waals surface area (Å²) in [5, 5.41) is 0. The van der Waals surface area contributed by atoms with E-state index in [0.29, 0.717) is 12.6 Å². The second-order valence-electron chi connectivity index (χ2n) is 4.29. The highest BCUT2D eigenvalue weighted by atomic mass is 16.5. The number of aromatic nitrogens is 1. The molecule has 1 aliphatic heterocycles. The average Bonchev–Trinajstić information content (AvgIpc) is 2.95. The van der Waals surface area contributed by atoms with Gasteiger partial charge in [0.05, 0.1) is 12.3 Å². The van der Waals surface area contributed by atoms with Crippen LogP contribution < -0.4 is 5.73 Å². The van der Waals surface area contributed by atoms with Crippen LogP contribution in [0.2, 0.25) is 0 Å². The molecule has 4 heteroatoms. The van der Waals surface area contributed by atoms with Crippen molar-refractivity contribution in [2.75, 3.05) is 13.2 Å². The number of nitrogens with zero attached hydrogens (tertiary/aromatic N) is 1. The van der Waals surface area contributed by atoms with Crippen LogP contribution in [0.1, 0.15) is 37.3 Å². The van der Waals surface area contributed by atoms with E-state index in [0.717, 1.165) is 43.9 Å². The maximum absolute atomic E-state index is 5.62. The molecule has 2 rings (SSSR count). The van der Waals surface area contributed by atoms with Gasteiger partial charge in [-0.3, -0.25) is 0 Å². The molecule has 1 unspecified atom stereocenters. The van der Waals surface area contributed by atoms with Gasteiger partial charge in [0.25, 0.3) is 0 Å². The smallest absolute Gasteiger partial charge is 0.194 e. The van der Waals surface area contributed by atoms with Gasteiger partial charge < -0.3 is 14.9 Å². The number of ether oxygens (including phenoxy) is 1. The first-order chi connectivity index (χ1) is 7.88. The van der Waals surface area contributed by atoms with Crippen LogP contribution in [0, 0.1) is 0 Å². The molecule has 1 atom stereocenters. The van der Waals surface area contributed by atoms with Gasteiger partial charge in [-0.1, -0.05) is 0 Å². The van der Waals surface area contributed by atoms with E-state index < -0.39 is 0 Å². The highest BCUT2D eigenvalue weighted by Gasteiger charge is 2.16. The van der Waals surface area contributed by atoms with Gasteiger partial charge in [-0.15, -0.1) is 0 Å². The lowest BCUT2D eigenvalue weighted by molar-refractivity contribution is 0.103. The molecule has 2 heterocycles. The summed E-state index contributed by atoms with van der Waals surface area (Å²) in [4.78, 5) is 4.24. The minimum Gasteiger partial charge on any atom is -0.446 e. The van der Waals surface area contributed by atoms with Crippen molar-refractivity contribution < 1.29 is 9.15 Å². The largest absolute Gasteiger partial charge is 0.446 e. The van der Waals surface area contributed by atoms with E-state index in [1.807, 2.05) is 6.20 Å². The molecule has 0 spiro atoms. The molecule has 2 N–H and O–H groups in total. The SMILES string of the molecule is NCCCc1ncc(CCC2CCCO2)o1. The Hall–Kier alpha value is -0.870. The van der Waals surface area contributed by atoms with Crippen molar-refractivity contribution in [1.29, 1.82) is 0 Å². The number of hydrogen-bond donors (Lipinski definition) is 1. The van der Waals surface area contributed by atoms with Crippen LogP contribution in [0.25, 0.3) is 0 Å². The zero-order valence-corrected chi connectivity index (χ0v) is 9.65. The lowest BCUT2D eigenvalue weighted by atomic mass is 10.1. The summed E-state index contributed by atoms with van der Waals surface area (Å²) in [7, 11) is 0. The third kappa shape index (κ3) is 3.32. The Kier molecular flexibility index (Phi) is 4.36. The lowest BCUT2D eigenvalue weighted by Crippen LogP contribution is -2.05. The van der Waals surface area contributed by atoms with E-state index in [4.69, 9.17) is 14.9 Å². The standard InChI is InChI=1S/C12H20N2O2/c13-7-1-4-12-14-9-11(16-12)6-5-10-3-2-8-15-10/h9-10H,1-8,13H2. The molecule has 0 amide bonds. The average molecular weight is 224 g/mol. The molecule has 4 nitrogen and oxygen atoms in total. The van der Waals surface area contributed by atoms with E-state index in [1.54, 1.807) is 0 Å². The molecule has 0 saturated carbocycles. The van der Waals surface area contributed by atoms with Gasteiger partial charge >= 0.3 is 0 Å². The van der Waals surface area contributed by atoms with Crippen LogP contribution in [0.3, 0.4) is 0 Å². The molecule has 16 heavy (non-hydrogen) atoms. The van der Waals surface area contributed by atoms with Crippen molar-refractivity contribution in [3.05, 3.63) is 17.8 Å². The molecular weight excluding hydrogens is 204 g/mol. The molecule has 1 fully saturated rings. The first-order valence-electron chi connectivity index (χ1n) is 6.13. The maximum Gasteiger partial charge on any atom is 0.194 e. The second-order valence-corrected chi connectivity index (χ2v) is 4.29. The van der Waals surface area contributed by atoms with E-state index in [9.17, 15) is 0 Å². The fourth-order valence-corrected chi connectivity index (χ4v) is 2.01. The fourth-order valence-electron chi connectivity index (χ4n) is 2.01. The summed E-state index contributed by atoms with van der Waals surface area (Å²) in [6.45, 7) is 1.61. The number of nitrogens with two attached hydrogens (primary N) is 1. The van der Waals surface area contributed by atoms with Crippen molar-refractivity contribution in [2.24, 2.45) is 5.73 Å². The molecule has 1 aromatic heterocycles. The van der Waals surface area contributed by atoms with Gasteiger partial charge in [0.2, 0.25) is 0 Å². The summed E-state index contributed by atoms with van der Waals surface area (Å²) in [5.74, 6) is 1.79. The van der Waals surface area contributed by atoms with Gasteiger partial charge in [0.15, 0.2) is 5.89 Å². The predicted molar refractivity (Wildman–Crippen MR) is 61.2 cm³/mol. The number of aryl methyl sites for hydroxylation is 2. The Morgan fingerprint density at radius 2 is 2.38 bits per heavy atom. The maximum atomic E-state index is 5.62. The molecule has 1 saturated heterocycles. The van der Waals surface area contributed by atoms with Crippen molar-refractivity contribution in [3.63, 3.8) is 0 Å². The van der Waals surface area contributed by atoms with E-state index in [1.165, 1.54) is 12.8 Å². The van der Waals surface area contributed by atoms with Crippen molar-refractivity contribution in [2.45, 2.75) is 44.6 Å². The summed E-state index contributed by atoms with van der Waals surface area (Å²) in [6, 6.07) is 0. The Labute approximate surface area is 96.2 Å². The summed E-state index contributed by atoms with van der Waals surface area (Å²) >= 11 is 0. The molecule has 0 bridgehead atoms. The summed E-state index contributed by atoms with van der Waals surface area (Å²) in [5.41, 5.74) is 5.44. The zero-order chi connectivity index (χ0) is 11.2. The third-order valence-electron chi connectivity index (χ3n) is 2.93. The minimum atomic E-state index is 0.428. The lowest BCUT2D eigenvalue weighted by Gasteiger charge is -2.06. The topological polar surface area (TPSA) is 61.3 Å². The quantitative estimate of drug-likeness (QED) is 0.798. The van der Waals surface area contributed by atoms with Crippen LogP contribution in [0.4, 0.5) is 0 Å². The summed E-state index contributed by atoms with van der Waals surface area (Å²) < 4.78 is 11.2. The van der Waals surface area contributed by atoms with Crippen LogP contribution in [-0.2, 0) is 17.6 Å². The van der Waals surface area contributed by atoms with Crippen LogP contribution in [0.5, 0.6) is 0 Å². The van der Waals surface area contributed by atoms with Crippen molar-refractivity contribution in [3.8, 4) is 0 Å². The molecule has 0 radical (unpaired) electrons. The summed E-state index contributed by atoms with van der Waals surface area (Å²) in [6.07, 6.45) is 8.41. The van der Waals surface area contributed by atoms with Crippen molar-refractivity contribution >= 4 is 0 Å². The molecular formula is C12H20N2O2. The van der Waals surface area contributed by atoms with Crippen LogP contribution in [-0.4, -0.2) is 24.2 Å². The molecule has 90 valence electrons. The van der Waals surface area contributed by atoms with Gasteiger partial charge in [0.1, 0.15) is 5.76 Å². The molecule has 1 aliphatic rings. The molecule has 0 aliphatic carbocycles. The highest BCUT2D eigenvalue weighted by molar-refractivity contribution is 4.95. The highest BCUT2D eigenvalue weighted by Crippen LogP contribution is 2.18. The molecule has 0 aromatic carbocycles. The van der Waals surface area contributed by atoms with E-state index in [2.05, 4.69) is 4.98 Å². The van der Waals surface area contributed by atoms with Crippen LogP contribution >= 0.6 is 0 Å². The van der Waals surface area contributed by atoms with E-state index >= 15 is 0 Å². The Morgan fingerprint density at radius 3 is 3.12 bits per heavy atom. The van der Waals surface area contributed by atoms with E-state index in [-0.39, 0.29) is 0 Å². The number of hydrogen-bond acceptors (Lipinski definition) is 4. The normalized spacial score (nSPS) is 20.4. The Bertz CT molecular complexity index is 306. The molecule has 1 aromatic rings. The third-order valence-corrected chi connectivity index (χ3v) is 2.93. The predicted octanol–water partition coefficient (Wildman–Crippen LogP) is 1.68. The first kappa shape index (κ1) is 11.6. The first-order valence-corrected chi connectivity index (χ1v) is 6.13.